The van der Waals surface area contributed by atoms with Crippen LogP contribution in [0.25, 0.3) is 0 Å². The Bertz CT molecular complexity index is 636. The van der Waals surface area contributed by atoms with E-state index in [-0.39, 0.29) is 5.75 Å². The lowest BCUT2D eigenvalue weighted by Crippen LogP contribution is -2.27. The number of halogens is 5. The lowest BCUT2D eigenvalue weighted by atomic mass is 9.69. The van der Waals surface area contributed by atoms with Crippen molar-refractivity contribution < 1.29 is 22.3 Å². The smallest absolute Gasteiger partial charge is 0.332 e. The van der Waals surface area contributed by atoms with Crippen molar-refractivity contribution in [3.63, 3.8) is 0 Å². The van der Waals surface area contributed by atoms with E-state index in [0.29, 0.717) is 12.5 Å². The van der Waals surface area contributed by atoms with Gasteiger partial charge in [0.25, 0.3) is 0 Å². The van der Waals surface area contributed by atoms with Crippen molar-refractivity contribution in [2.24, 2.45) is 23.7 Å². The van der Waals surface area contributed by atoms with E-state index >= 15 is 0 Å². The van der Waals surface area contributed by atoms with Crippen molar-refractivity contribution in [1.29, 1.82) is 0 Å². The molecule has 0 radical (unpaired) electrons. The molecule has 0 heterocycles. The number of rotatable bonds is 7. The maximum Gasteiger partial charge on any atom is 0.332 e. The summed E-state index contributed by atoms with van der Waals surface area (Å²) in [5.41, 5.74) is -1.28. The molecule has 0 atom stereocenters. The Morgan fingerprint density at radius 2 is 1.38 bits per heavy atom. The minimum absolute atomic E-state index is 0.0307. The van der Waals surface area contributed by atoms with E-state index < -0.39 is 22.0 Å². The molecule has 0 N–H and O–H groups in total. The second-order valence-corrected chi connectivity index (χ2v) is 9.92. The highest BCUT2D eigenvalue weighted by atomic mass is 79.9. The summed E-state index contributed by atoms with van der Waals surface area (Å²) in [5, 5.41) is 0. The normalized spacial score (nSPS) is 28.3. The summed E-state index contributed by atoms with van der Waals surface area (Å²) >= 11 is 2.01. The molecule has 0 spiro atoms. The second-order valence-electron chi connectivity index (χ2n) is 8.92. The number of alkyl halides is 3. The molecule has 6 heteroatoms. The van der Waals surface area contributed by atoms with Gasteiger partial charge < -0.3 is 4.74 Å². The van der Waals surface area contributed by atoms with Gasteiger partial charge in [0, 0.05) is 12.1 Å². The highest BCUT2D eigenvalue weighted by molar-refractivity contribution is 9.09. The summed E-state index contributed by atoms with van der Waals surface area (Å²) in [6.45, 7) is 2.64. The monoisotopic (exact) mass is 478 g/mol. The molecular formula is C23H31BrF4O. The van der Waals surface area contributed by atoms with Crippen LogP contribution in [0, 0.1) is 35.3 Å². The minimum Gasteiger partial charge on any atom is -0.493 e. The molecular weight excluding hydrogens is 448 g/mol. The summed E-state index contributed by atoms with van der Waals surface area (Å²) in [4.78, 5) is -3.74. The predicted molar refractivity (Wildman–Crippen MR) is 110 cm³/mol. The van der Waals surface area contributed by atoms with Gasteiger partial charge in [-0.25, -0.2) is 8.78 Å². The number of benzene rings is 1. The van der Waals surface area contributed by atoms with E-state index in [4.69, 9.17) is 4.74 Å². The van der Waals surface area contributed by atoms with Gasteiger partial charge in [-0.15, -0.1) is 0 Å². The molecule has 0 unspecified atom stereocenters. The van der Waals surface area contributed by atoms with Gasteiger partial charge in [-0.3, -0.25) is 0 Å². The molecule has 0 bridgehead atoms. The number of hydrogen-bond donors (Lipinski definition) is 0. The summed E-state index contributed by atoms with van der Waals surface area (Å²) in [7, 11) is 0. The minimum atomic E-state index is -3.74. The molecule has 164 valence electrons. The third-order valence-electron chi connectivity index (χ3n) is 6.93. The van der Waals surface area contributed by atoms with E-state index in [0.717, 1.165) is 42.7 Å². The molecule has 2 aliphatic rings. The average Bonchev–Trinajstić information content (AvgIpc) is 2.66. The molecule has 2 fully saturated rings. The third kappa shape index (κ3) is 6.11. The van der Waals surface area contributed by atoms with Crippen molar-refractivity contribution in [1.82, 2.24) is 0 Å². The third-order valence-corrected chi connectivity index (χ3v) is 7.33. The van der Waals surface area contributed by atoms with Crippen molar-refractivity contribution in [3.05, 3.63) is 29.3 Å². The van der Waals surface area contributed by atoms with Crippen LogP contribution in [0.1, 0.15) is 76.7 Å². The van der Waals surface area contributed by atoms with Crippen LogP contribution in [0.3, 0.4) is 0 Å². The number of hydrogen-bond acceptors (Lipinski definition) is 1. The van der Waals surface area contributed by atoms with E-state index in [1.165, 1.54) is 51.4 Å². The summed E-state index contributed by atoms with van der Waals surface area (Å²) in [5.74, 6) is 0.296. The maximum absolute atomic E-state index is 13.9. The van der Waals surface area contributed by atoms with Crippen LogP contribution in [-0.2, 0) is 4.83 Å². The van der Waals surface area contributed by atoms with E-state index in [9.17, 15) is 17.6 Å². The first-order valence-corrected chi connectivity index (χ1v) is 11.8. The summed E-state index contributed by atoms with van der Waals surface area (Å²) in [6, 6.07) is 1.68. The van der Waals surface area contributed by atoms with Gasteiger partial charge in [0.1, 0.15) is 22.9 Å². The number of ether oxygens (including phenoxy) is 1. The van der Waals surface area contributed by atoms with Crippen LogP contribution in [-0.4, -0.2) is 6.61 Å². The molecule has 0 aliphatic heterocycles. The van der Waals surface area contributed by atoms with Crippen LogP contribution in [0.4, 0.5) is 17.6 Å². The fourth-order valence-electron chi connectivity index (χ4n) is 5.30. The van der Waals surface area contributed by atoms with Crippen LogP contribution >= 0.6 is 15.9 Å². The predicted octanol–water partition coefficient (Wildman–Crippen LogP) is 8.20. The lowest BCUT2D eigenvalue weighted by molar-refractivity contribution is 0.104. The Labute approximate surface area is 179 Å². The highest BCUT2D eigenvalue weighted by Crippen LogP contribution is 2.43. The molecule has 0 aromatic heterocycles. The molecule has 1 nitrogen and oxygen atoms in total. The molecule has 0 amide bonds. The molecule has 29 heavy (non-hydrogen) atoms. The Balaban J connectivity index is 1.45. The lowest BCUT2D eigenvalue weighted by Gasteiger charge is -2.37. The first-order chi connectivity index (χ1) is 13.8. The first kappa shape index (κ1) is 22.9. The molecule has 0 saturated heterocycles. The van der Waals surface area contributed by atoms with Gasteiger partial charge in [0.2, 0.25) is 0 Å². The van der Waals surface area contributed by atoms with E-state index in [2.05, 4.69) is 6.92 Å². The van der Waals surface area contributed by atoms with Crippen LogP contribution in [0.15, 0.2) is 12.1 Å². The second kappa shape index (κ2) is 10.0. The van der Waals surface area contributed by atoms with Gasteiger partial charge in [0.15, 0.2) is 0 Å². The molecule has 2 saturated carbocycles. The van der Waals surface area contributed by atoms with Crippen LogP contribution in [0.2, 0.25) is 0 Å². The van der Waals surface area contributed by atoms with Crippen molar-refractivity contribution in [2.75, 3.05) is 6.61 Å². The average molecular weight is 479 g/mol. The summed E-state index contributed by atoms with van der Waals surface area (Å²) in [6.07, 6.45) is 12.6. The Morgan fingerprint density at radius 3 is 1.83 bits per heavy atom. The molecule has 2 aliphatic carbocycles. The van der Waals surface area contributed by atoms with Crippen molar-refractivity contribution in [3.8, 4) is 5.75 Å². The Morgan fingerprint density at radius 1 is 0.897 bits per heavy atom. The van der Waals surface area contributed by atoms with Crippen LogP contribution < -0.4 is 4.74 Å². The SMILES string of the molecule is CCCC1CCC(C2CCC(COc3cc(F)c(C(F)(F)Br)c(F)c3)CC2)CC1. The fraction of sp³-hybridized carbons (Fsp3) is 0.739. The first-order valence-electron chi connectivity index (χ1n) is 11.0. The zero-order chi connectivity index (χ0) is 21.0. The highest BCUT2D eigenvalue weighted by Gasteiger charge is 2.35. The Kier molecular flexibility index (Phi) is 7.91. The van der Waals surface area contributed by atoms with Crippen molar-refractivity contribution in [2.45, 2.75) is 76.0 Å². The molecule has 3 rings (SSSR count). The van der Waals surface area contributed by atoms with Gasteiger partial charge in [-0.1, -0.05) is 32.6 Å². The largest absolute Gasteiger partial charge is 0.493 e. The Hall–Kier alpha value is -0.780. The van der Waals surface area contributed by atoms with Gasteiger partial charge in [-0.05, 0) is 78.1 Å². The molecule has 1 aromatic rings. The van der Waals surface area contributed by atoms with Gasteiger partial charge in [0.05, 0.1) is 6.61 Å². The topological polar surface area (TPSA) is 9.23 Å². The van der Waals surface area contributed by atoms with Crippen molar-refractivity contribution >= 4 is 15.9 Å². The van der Waals surface area contributed by atoms with Gasteiger partial charge in [-0.2, -0.15) is 8.78 Å². The van der Waals surface area contributed by atoms with E-state index in [1.807, 2.05) is 15.9 Å². The summed E-state index contributed by atoms with van der Waals surface area (Å²) < 4.78 is 59.8. The zero-order valence-corrected chi connectivity index (χ0v) is 18.6. The van der Waals surface area contributed by atoms with E-state index in [1.54, 1.807) is 0 Å². The standard InChI is InChI=1S/C23H31BrF4O/c1-2-3-15-4-8-17(9-5-15)18-10-6-16(7-11-18)14-29-19-12-20(25)22(21(26)13-19)23(24,27)28/h12-13,15-18H,2-11,14H2,1H3. The van der Waals surface area contributed by atoms with Crippen LogP contribution in [0.5, 0.6) is 5.75 Å². The fourth-order valence-corrected chi connectivity index (χ4v) is 5.68. The zero-order valence-electron chi connectivity index (χ0n) is 17.0. The maximum atomic E-state index is 13.9. The quantitative estimate of drug-likeness (QED) is 0.283. The molecule has 1 aromatic carbocycles. The van der Waals surface area contributed by atoms with Gasteiger partial charge >= 0.3 is 4.83 Å².